The minimum Gasteiger partial charge on any atom is -0.497 e. The summed E-state index contributed by atoms with van der Waals surface area (Å²) in [6.45, 7) is 2.26. The number of nitrogens with zero attached hydrogens (tertiary/aromatic N) is 1. The number of hydrogen-bond donors (Lipinski definition) is 0. The molecule has 0 saturated heterocycles. The summed E-state index contributed by atoms with van der Waals surface area (Å²) >= 11 is 1.73. The maximum absolute atomic E-state index is 5.21. The number of unbranched alkanes of at least 4 members (excludes halogenated alkanes) is 3. The van der Waals surface area contributed by atoms with Gasteiger partial charge in [-0.2, -0.15) is 0 Å². The molecule has 2 aromatic carbocycles. The molecular weight excluding hydrogens is 338 g/mol. The molecule has 136 valence electrons. The highest BCUT2D eigenvalue weighted by atomic mass is 32.1. The second-order valence-corrected chi connectivity index (χ2v) is 7.60. The van der Waals surface area contributed by atoms with E-state index in [-0.39, 0.29) is 0 Å². The van der Waals surface area contributed by atoms with Crippen LogP contribution in [0.1, 0.15) is 48.7 Å². The van der Waals surface area contributed by atoms with Gasteiger partial charge in [0.25, 0.3) is 0 Å². The molecule has 0 bridgehead atoms. The fraction of sp³-hybridized carbons (Fsp3) is 0.348. The average molecular weight is 366 g/mol. The molecule has 0 N–H and O–H groups in total. The van der Waals surface area contributed by atoms with Crippen molar-refractivity contribution in [2.24, 2.45) is 0 Å². The SMILES string of the molecule is CCCCCCc1ccc(-c2csc(Cc3ccc(OC)cc3)n2)cc1. The van der Waals surface area contributed by atoms with E-state index >= 15 is 0 Å². The Hall–Kier alpha value is -2.13. The maximum Gasteiger partial charge on any atom is 0.118 e. The van der Waals surface area contributed by atoms with Crippen LogP contribution < -0.4 is 4.74 Å². The Bertz CT molecular complexity index is 790. The van der Waals surface area contributed by atoms with E-state index in [4.69, 9.17) is 9.72 Å². The summed E-state index contributed by atoms with van der Waals surface area (Å²) in [5.74, 6) is 0.892. The zero-order valence-corrected chi connectivity index (χ0v) is 16.5. The predicted molar refractivity (Wildman–Crippen MR) is 111 cm³/mol. The van der Waals surface area contributed by atoms with Crippen molar-refractivity contribution in [3.05, 3.63) is 70.0 Å². The summed E-state index contributed by atoms with van der Waals surface area (Å²) in [6, 6.07) is 17.1. The molecule has 0 aliphatic carbocycles. The number of aryl methyl sites for hydroxylation is 1. The molecule has 0 radical (unpaired) electrons. The van der Waals surface area contributed by atoms with Gasteiger partial charge in [0.05, 0.1) is 17.8 Å². The molecule has 3 aromatic rings. The molecule has 0 aliphatic heterocycles. The largest absolute Gasteiger partial charge is 0.497 e. The molecule has 3 heteroatoms. The van der Waals surface area contributed by atoms with Crippen LogP contribution in [0.15, 0.2) is 53.9 Å². The van der Waals surface area contributed by atoms with Crippen LogP contribution in [0.3, 0.4) is 0 Å². The van der Waals surface area contributed by atoms with Gasteiger partial charge in [-0.05, 0) is 36.1 Å². The Balaban J connectivity index is 1.59. The average Bonchev–Trinajstić information content (AvgIpc) is 3.15. The predicted octanol–water partition coefficient (Wildman–Crippen LogP) is 6.53. The third-order valence-corrected chi connectivity index (χ3v) is 5.48. The van der Waals surface area contributed by atoms with E-state index in [1.165, 1.54) is 48.8 Å². The zero-order chi connectivity index (χ0) is 18.2. The quantitative estimate of drug-likeness (QED) is 0.402. The maximum atomic E-state index is 5.21. The number of thiazole rings is 1. The smallest absolute Gasteiger partial charge is 0.118 e. The van der Waals surface area contributed by atoms with E-state index in [1.807, 2.05) is 12.1 Å². The molecule has 1 heterocycles. The molecule has 26 heavy (non-hydrogen) atoms. The summed E-state index contributed by atoms with van der Waals surface area (Å²) in [7, 11) is 1.69. The molecule has 0 unspecified atom stereocenters. The lowest BCUT2D eigenvalue weighted by Crippen LogP contribution is -1.89. The van der Waals surface area contributed by atoms with Gasteiger partial charge in [-0.25, -0.2) is 4.98 Å². The number of benzene rings is 2. The number of methoxy groups -OCH3 is 1. The van der Waals surface area contributed by atoms with Crippen molar-refractivity contribution in [3.63, 3.8) is 0 Å². The van der Waals surface area contributed by atoms with Crippen LogP contribution in [0, 0.1) is 0 Å². The van der Waals surface area contributed by atoms with Gasteiger partial charge in [0.15, 0.2) is 0 Å². The fourth-order valence-corrected chi connectivity index (χ4v) is 3.88. The molecule has 0 fully saturated rings. The summed E-state index contributed by atoms with van der Waals surface area (Å²) in [5.41, 5.74) is 4.98. The van der Waals surface area contributed by atoms with Crippen molar-refractivity contribution in [1.82, 2.24) is 4.98 Å². The lowest BCUT2D eigenvalue weighted by Gasteiger charge is -2.03. The third kappa shape index (κ3) is 5.18. The Morgan fingerprint density at radius 2 is 1.62 bits per heavy atom. The van der Waals surface area contributed by atoms with Crippen molar-refractivity contribution in [2.45, 2.75) is 45.4 Å². The van der Waals surface area contributed by atoms with Crippen molar-refractivity contribution in [1.29, 1.82) is 0 Å². The van der Waals surface area contributed by atoms with Crippen LogP contribution in [0.4, 0.5) is 0 Å². The van der Waals surface area contributed by atoms with Crippen LogP contribution >= 0.6 is 11.3 Å². The number of aromatic nitrogens is 1. The Morgan fingerprint density at radius 1 is 0.885 bits per heavy atom. The van der Waals surface area contributed by atoms with Gasteiger partial charge in [0.2, 0.25) is 0 Å². The standard InChI is InChI=1S/C23H27NOS/c1-3-4-5-6-7-18-8-12-20(13-9-18)22-17-26-23(24-22)16-19-10-14-21(25-2)15-11-19/h8-15,17H,3-7,16H2,1-2H3. The number of rotatable bonds is 9. The second kappa shape index (κ2) is 9.54. The first-order chi connectivity index (χ1) is 12.8. The van der Waals surface area contributed by atoms with E-state index in [0.29, 0.717) is 0 Å². The molecule has 0 spiro atoms. The lowest BCUT2D eigenvalue weighted by molar-refractivity contribution is 0.414. The van der Waals surface area contributed by atoms with Crippen LogP contribution in [-0.2, 0) is 12.8 Å². The van der Waals surface area contributed by atoms with Crippen LogP contribution in [0.25, 0.3) is 11.3 Å². The van der Waals surface area contributed by atoms with Gasteiger partial charge in [-0.3, -0.25) is 0 Å². The van der Waals surface area contributed by atoms with E-state index in [0.717, 1.165) is 22.9 Å². The van der Waals surface area contributed by atoms with Crippen molar-refractivity contribution in [3.8, 4) is 17.0 Å². The fourth-order valence-electron chi connectivity index (χ4n) is 3.04. The zero-order valence-electron chi connectivity index (χ0n) is 15.7. The first-order valence-corrected chi connectivity index (χ1v) is 10.3. The van der Waals surface area contributed by atoms with E-state index < -0.39 is 0 Å². The van der Waals surface area contributed by atoms with Crippen molar-refractivity contribution in [2.75, 3.05) is 7.11 Å². The van der Waals surface area contributed by atoms with Gasteiger partial charge in [-0.1, -0.05) is 62.6 Å². The summed E-state index contributed by atoms with van der Waals surface area (Å²) in [6.07, 6.45) is 7.30. The molecule has 2 nitrogen and oxygen atoms in total. The summed E-state index contributed by atoms with van der Waals surface area (Å²) in [4.78, 5) is 4.82. The first kappa shape index (κ1) is 18.7. The van der Waals surface area contributed by atoms with Crippen molar-refractivity contribution >= 4 is 11.3 Å². The Morgan fingerprint density at radius 3 is 2.31 bits per heavy atom. The third-order valence-electron chi connectivity index (χ3n) is 4.63. The van der Waals surface area contributed by atoms with Gasteiger partial charge in [0.1, 0.15) is 5.75 Å². The number of hydrogen-bond acceptors (Lipinski definition) is 3. The van der Waals surface area contributed by atoms with Gasteiger partial charge >= 0.3 is 0 Å². The molecule has 0 amide bonds. The Labute approximate surface area is 160 Å². The van der Waals surface area contributed by atoms with Crippen LogP contribution in [0.5, 0.6) is 5.75 Å². The molecule has 0 aliphatic rings. The monoisotopic (exact) mass is 365 g/mol. The van der Waals surface area contributed by atoms with Crippen LogP contribution in [-0.4, -0.2) is 12.1 Å². The van der Waals surface area contributed by atoms with Crippen LogP contribution in [0.2, 0.25) is 0 Å². The first-order valence-electron chi connectivity index (χ1n) is 9.45. The Kier molecular flexibility index (Phi) is 6.84. The molecule has 3 rings (SSSR count). The lowest BCUT2D eigenvalue weighted by atomic mass is 10.0. The molecule has 1 aromatic heterocycles. The minimum atomic E-state index is 0.865. The normalized spacial score (nSPS) is 10.8. The highest BCUT2D eigenvalue weighted by Gasteiger charge is 2.06. The van der Waals surface area contributed by atoms with Gasteiger partial charge < -0.3 is 4.74 Å². The highest BCUT2D eigenvalue weighted by Crippen LogP contribution is 2.25. The molecule has 0 saturated carbocycles. The minimum absolute atomic E-state index is 0.865. The topological polar surface area (TPSA) is 22.1 Å². The number of ether oxygens (including phenoxy) is 1. The van der Waals surface area contributed by atoms with E-state index in [1.54, 1.807) is 18.4 Å². The summed E-state index contributed by atoms with van der Waals surface area (Å²) < 4.78 is 5.21. The molecule has 0 atom stereocenters. The van der Waals surface area contributed by atoms with Gasteiger partial charge in [0, 0.05) is 17.4 Å². The second-order valence-electron chi connectivity index (χ2n) is 6.66. The molecular formula is C23H27NOS. The van der Waals surface area contributed by atoms with E-state index in [9.17, 15) is 0 Å². The highest BCUT2D eigenvalue weighted by molar-refractivity contribution is 7.10. The summed E-state index contributed by atoms with van der Waals surface area (Å²) in [5, 5.41) is 3.31. The van der Waals surface area contributed by atoms with E-state index in [2.05, 4.69) is 48.7 Å². The van der Waals surface area contributed by atoms with Crippen molar-refractivity contribution < 1.29 is 4.74 Å². The van der Waals surface area contributed by atoms with Gasteiger partial charge in [-0.15, -0.1) is 11.3 Å².